The average Bonchev–Trinajstić information content (AvgIpc) is 2.76. The van der Waals surface area contributed by atoms with E-state index in [-0.39, 0.29) is 29.7 Å². The second-order valence-electron chi connectivity index (χ2n) is 7.37. The van der Waals surface area contributed by atoms with Gasteiger partial charge in [-0.15, -0.1) is 0 Å². The molecule has 0 spiro atoms. The molecule has 1 heterocycles. The molecule has 1 aromatic heterocycles. The second kappa shape index (κ2) is 10.7. The molecule has 9 heteroatoms. The Balaban J connectivity index is 1.64. The number of aromatic nitrogens is 2. The largest absolute Gasteiger partial charge is 0.346 e. The Bertz CT molecular complexity index is 1230. The Morgan fingerprint density at radius 1 is 1.16 bits per heavy atom. The van der Waals surface area contributed by atoms with Gasteiger partial charge in [0.25, 0.3) is 5.56 Å². The highest BCUT2D eigenvalue weighted by Crippen LogP contribution is 2.21. The van der Waals surface area contributed by atoms with Crippen LogP contribution in [0.5, 0.6) is 0 Å². The number of rotatable bonds is 8. The van der Waals surface area contributed by atoms with Crippen molar-refractivity contribution in [2.24, 2.45) is 0 Å². The third-order valence-electron chi connectivity index (χ3n) is 4.99. The molecule has 0 aliphatic carbocycles. The van der Waals surface area contributed by atoms with Gasteiger partial charge in [-0.05, 0) is 55.7 Å². The highest BCUT2D eigenvalue weighted by atomic mass is 35.5. The van der Waals surface area contributed by atoms with Crippen molar-refractivity contribution in [2.45, 2.75) is 38.9 Å². The number of halogens is 1. The maximum absolute atomic E-state index is 12.8. The van der Waals surface area contributed by atoms with Crippen molar-refractivity contribution >= 4 is 51.8 Å². The number of anilines is 1. The Kier molecular flexibility index (Phi) is 7.93. The molecule has 0 saturated heterocycles. The molecular formula is C23H25ClN4O3S. The van der Waals surface area contributed by atoms with Gasteiger partial charge in [-0.2, -0.15) is 0 Å². The summed E-state index contributed by atoms with van der Waals surface area (Å²) in [6.45, 7) is 6.22. The van der Waals surface area contributed by atoms with Crippen LogP contribution in [0.25, 0.3) is 10.9 Å². The number of thioether (sulfide) groups is 1. The van der Waals surface area contributed by atoms with Crippen LogP contribution in [0.3, 0.4) is 0 Å². The van der Waals surface area contributed by atoms with Crippen molar-refractivity contribution < 1.29 is 9.59 Å². The van der Waals surface area contributed by atoms with Gasteiger partial charge < -0.3 is 10.6 Å². The molecule has 7 nitrogen and oxygen atoms in total. The van der Waals surface area contributed by atoms with E-state index in [1.165, 1.54) is 0 Å². The molecule has 0 atom stereocenters. The Labute approximate surface area is 195 Å². The SMILES string of the molecule is CCCn1c(SCC(=O)NCC(=O)Nc2cccc(C)c2C)nc2cc(Cl)ccc2c1=O. The molecule has 2 amide bonds. The average molecular weight is 473 g/mol. The minimum atomic E-state index is -0.324. The molecule has 0 aliphatic rings. The smallest absolute Gasteiger partial charge is 0.262 e. The number of carbonyl (C=O) groups is 2. The first-order valence-electron chi connectivity index (χ1n) is 10.3. The predicted octanol–water partition coefficient (Wildman–Crippen LogP) is 3.92. The molecule has 2 N–H and O–H groups in total. The van der Waals surface area contributed by atoms with Crippen molar-refractivity contribution in [1.29, 1.82) is 0 Å². The lowest BCUT2D eigenvalue weighted by molar-refractivity contribution is -0.122. The summed E-state index contributed by atoms with van der Waals surface area (Å²) in [6, 6.07) is 10.6. The van der Waals surface area contributed by atoms with E-state index in [1.807, 2.05) is 39.0 Å². The molecule has 0 bridgehead atoms. The van der Waals surface area contributed by atoms with Crippen molar-refractivity contribution in [3.63, 3.8) is 0 Å². The lowest BCUT2D eigenvalue weighted by Crippen LogP contribution is -2.34. The number of nitrogens with one attached hydrogen (secondary N) is 2. The first-order chi connectivity index (χ1) is 15.3. The maximum Gasteiger partial charge on any atom is 0.262 e. The Morgan fingerprint density at radius 2 is 1.94 bits per heavy atom. The normalized spacial score (nSPS) is 10.9. The van der Waals surface area contributed by atoms with E-state index in [2.05, 4.69) is 15.6 Å². The van der Waals surface area contributed by atoms with Crippen LogP contribution in [-0.4, -0.2) is 33.7 Å². The maximum atomic E-state index is 12.8. The fourth-order valence-corrected chi connectivity index (χ4v) is 4.17. The summed E-state index contributed by atoms with van der Waals surface area (Å²) >= 11 is 7.20. The van der Waals surface area contributed by atoms with Gasteiger partial charge in [-0.25, -0.2) is 4.98 Å². The molecule has 3 aromatic rings. The Hall–Kier alpha value is -2.84. The van der Waals surface area contributed by atoms with E-state index in [9.17, 15) is 14.4 Å². The van der Waals surface area contributed by atoms with Gasteiger partial charge in [-0.1, -0.05) is 42.4 Å². The Morgan fingerprint density at radius 3 is 2.69 bits per heavy atom. The summed E-state index contributed by atoms with van der Waals surface area (Å²) in [4.78, 5) is 41.9. The van der Waals surface area contributed by atoms with Gasteiger partial charge in [0, 0.05) is 17.3 Å². The molecule has 0 saturated carbocycles. The summed E-state index contributed by atoms with van der Waals surface area (Å²) in [7, 11) is 0. The number of carbonyl (C=O) groups excluding carboxylic acids is 2. The lowest BCUT2D eigenvalue weighted by Gasteiger charge is -2.13. The minimum Gasteiger partial charge on any atom is -0.346 e. The fourth-order valence-electron chi connectivity index (χ4n) is 3.15. The number of benzene rings is 2. The highest BCUT2D eigenvalue weighted by Gasteiger charge is 2.14. The molecule has 0 radical (unpaired) electrons. The topological polar surface area (TPSA) is 93.1 Å². The summed E-state index contributed by atoms with van der Waals surface area (Å²) in [6.07, 6.45) is 0.749. The van der Waals surface area contributed by atoms with Crippen molar-refractivity contribution in [1.82, 2.24) is 14.9 Å². The van der Waals surface area contributed by atoms with Gasteiger partial charge in [0.2, 0.25) is 11.8 Å². The standard InChI is InChI=1S/C23H25ClN4O3S/c1-4-10-28-22(31)17-9-8-16(24)11-19(17)27-23(28)32-13-21(30)25-12-20(29)26-18-7-5-6-14(2)15(18)3/h5-9,11H,4,10,12-13H2,1-3H3,(H,25,30)(H,26,29). The molecule has 32 heavy (non-hydrogen) atoms. The van der Waals surface area contributed by atoms with Crippen LogP contribution < -0.4 is 16.2 Å². The summed E-state index contributed by atoms with van der Waals surface area (Å²) in [5.74, 6) is -0.605. The van der Waals surface area contributed by atoms with Gasteiger partial charge in [0.05, 0.1) is 23.2 Å². The van der Waals surface area contributed by atoms with Gasteiger partial charge in [0.1, 0.15) is 0 Å². The van der Waals surface area contributed by atoms with Crippen molar-refractivity contribution in [3.05, 3.63) is 62.9 Å². The predicted molar refractivity (Wildman–Crippen MR) is 130 cm³/mol. The van der Waals surface area contributed by atoms with E-state index in [1.54, 1.807) is 22.8 Å². The fraction of sp³-hybridized carbons (Fsp3) is 0.304. The summed E-state index contributed by atoms with van der Waals surface area (Å²) < 4.78 is 1.57. The third kappa shape index (κ3) is 5.69. The van der Waals surface area contributed by atoms with Crippen molar-refractivity contribution in [2.75, 3.05) is 17.6 Å². The lowest BCUT2D eigenvalue weighted by atomic mass is 10.1. The van der Waals surface area contributed by atoms with Crippen LogP contribution in [0.15, 0.2) is 46.3 Å². The minimum absolute atomic E-state index is 0.0268. The molecule has 0 unspecified atom stereocenters. The van der Waals surface area contributed by atoms with E-state index in [0.717, 1.165) is 35.0 Å². The molecule has 2 aromatic carbocycles. The van der Waals surface area contributed by atoms with Crippen LogP contribution in [0.4, 0.5) is 5.69 Å². The molecule has 3 rings (SSSR count). The number of fused-ring (bicyclic) bond motifs is 1. The zero-order valence-corrected chi connectivity index (χ0v) is 19.8. The zero-order valence-electron chi connectivity index (χ0n) is 18.2. The summed E-state index contributed by atoms with van der Waals surface area (Å²) in [5.41, 5.74) is 3.11. The van der Waals surface area contributed by atoms with Crippen LogP contribution in [0, 0.1) is 13.8 Å². The number of aryl methyl sites for hydroxylation is 1. The number of amides is 2. The molecule has 0 fully saturated rings. The molecule has 0 aliphatic heterocycles. The molecular weight excluding hydrogens is 448 g/mol. The quantitative estimate of drug-likeness (QED) is 0.383. The van der Waals surface area contributed by atoms with E-state index >= 15 is 0 Å². The molecule has 168 valence electrons. The van der Waals surface area contributed by atoms with E-state index < -0.39 is 0 Å². The van der Waals surface area contributed by atoms with Crippen LogP contribution in [0.2, 0.25) is 5.02 Å². The number of hydrogen-bond donors (Lipinski definition) is 2. The van der Waals surface area contributed by atoms with E-state index in [0.29, 0.717) is 27.6 Å². The van der Waals surface area contributed by atoms with Crippen molar-refractivity contribution in [3.8, 4) is 0 Å². The second-order valence-corrected chi connectivity index (χ2v) is 8.75. The van der Waals surface area contributed by atoms with Crippen LogP contribution in [0.1, 0.15) is 24.5 Å². The van der Waals surface area contributed by atoms with Crippen LogP contribution in [-0.2, 0) is 16.1 Å². The van der Waals surface area contributed by atoms with Gasteiger partial charge in [0.15, 0.2) is 5.16 Å². The van der Waals surface area contributed by atoms with Crippen LogP contribution >= 0.6 is 23.4 Å². The number of hydrogen-bond acceptors (Lipinski definition) is 5. The van der Waals surface area contributed by atoms with Gasteiger partial charge >= 0.3 is 0 Å². The zero-order chi connectivity index (χ0) is 23.3. The highest BCUT2D eigenvalue weighted by molar-refractivity contribution is 7.99. The number of nitrogens with zero attached hydrogens (tertiary/aromatic N) is 2. The van der Waals surface area contributed by atoms with E-state index in [4.69, 9.17) is 11.6 Å². The monoisotopic (exact) mass is 472 g/mol. The van der Waals surface area contributed by atoms with Gasteiger partial charge in [-0.3, -0.25) is 19.0 Å². The third-order valence-corrected chi connectivity index (χ3v) is 6.20. The first-order valence-corrected chi connectivity index (χ1v) is 11.6. The first kappa shape index (κ1) is 23.8. The summed E-state index contributed by atoms with van der Waals surface area (Å²) in [5, 5.41) is 6.84.